The summed E-state index contributed by atoms with van der Waals surface area (Å²) in [7, 11) is 0. The van der Waals surface area contributed by atoms with Gasteiger partial charge in [-0.25, -0.2) is 4.79 Å². The molecule has 0 aromatic heterocycles. The van der Waals surface area contributed by atoms with Gasteiger partial charge in [0, 0.05) is 5.57 Å². The molecule has 0 radical (unpaired) electrons. The smallest absolute Gasteiger partial charge is 0.331 e. The molecule has 1 aliphatic carbocycles. The van der Waals surface area contributed by atoms with Crippen molar-refractivity contribution in [1.82, 2.24) is 0 Å². The molecule has 0 heterocycles. The van der Waals surface area contributed by atoms with Crippen LogP contribution in [0.5, 0.6) is 0 Å². The van der Waals surface area contributed by atoms with Gasteiger partial charge in [-0.15, -0.1) is 0 Å². The Morgan fingerprint density at radius 2 is 1.78 bits per heavy atom. The van der Waals surface area contributed by atoms with Crippen molar-refractivity contribution in [2.24, 2.45) is 5.92 Å². The van der Waals surface area contributed by atoms with Crippen molar-refractivity contribution < 1.29 is 9.90 Å². The molecule has 0 aromatic rings. The second-order valence-electron chi connectivity index (χ2n) is 8.16. The molecule has 2 nitrogen and oxygen atoms in total. The SMILES string of the molecule is C=C(CCC=C(C)C)[C@H]1C/C=C(\C)CC/C=C(/C(=O)O)CC/C=C(/C)CC1. The van der Waals surface area contributed by atoms with Crippen molar-refractivity contribution in [3.05, 3.63) is 58.7 Å². The van der Waals surface area contributed by atoms with E-state index in [0.29, 0.717) is 17.9 Å². The molecule has 2 heteroatoms. The molecule has 0 fully saturated rings. The molecule has 0 bridgehead atoms. The Hall–Kier alpha value is -1.83. The summed E-state index contributed by atoms with van der Waals surface area (Å²) >= 11 is 0. The molecule has 0 aliphatic heterocycles. The van der Waals surface area contributed by atoms with Crippen LogP contribution >= 0.6 is 0 Å². The largest absolute Gasteiger partial charge is 0.478 e. The topological polar surface area (TPSA) is 37.3 Å². The molecular formula is C25H38O2. The van der Waals surface area contributed by atoms with Crippen LogP contribution in [0.1, 0.15) is 85.5 Å². The molecule has 0 amide bonds. The van der Waals surface area contributed by atoms with Crippen molar-refractivity contribution in [1.29, 1.82) is 0 Å². The van der Waals surface area contributed by atoms with Gasteiger partial charge in [-0.05, 0) is 91.4 Å². The van der Waals surface area contributed by atoms with Crippen LogP contribution in [0.2, 0.25) is 0 Å². The summed E-state index contributed by atoms with van der Waals surface area (Å²) < 4.78 is 0. The second kappa shape index (κ2) is 12.5. The summed E-state index contributed by atoms with van der Waals surface area (Å²) in [4.78, 5) is 11.4. The highest BCUT2D eigenvalue weighted by atomic mass is 16.4. The van der Waals surface area contributed by atoms with Crippen LogP contribution in [0.25, 0.3) is 0 Å². The van der Waals surface area contributed by atoms with Crippen molar-refractivity contribution in [2.75, 3.05) is 0 Å². The Bertz CT molecular complexity index is 625. The lowest BCUT2D eigenvalue weighted by Crippen LogP contribution is -2.04. The minimum Gasteiger partial charge on any atom is -0.478 e. The average molecular weight is 371 g/mol. The van der Waals surface area contributed by atoms with Crippen LogP contribution in [0, 0.1) is 5.92 Å². The van der Waals surface area contributed by atoms with Crippen LogP contribution in [0.3, 0.4) is 0 Å². The molecule has 27 heavy (non-hydrogen) atoms. The van der Waals surface area contributed by atoms with E-state index in [0.717, 1.165) is 51.4 Å². The Balaban J connectivity index is 2.86. The lowest BCUT2D eigenvalue weighted by atomic mass is 9.86. The standard InChI is InChI=1S/C25H38O2/c1-19(2)9-6-12-22(5)23-17-15-20(3)10-7-13-24(25(26)27)14-8-11-21(4)16-18-23/h9-10,14,16,23H,5-8,11-13,15,17-18H2,1-4H3,(H,26,27)/b20-10-,21-16+,24-14+/t23-/m1/s1. The first-order valence-corrected chi connectivity index (χ1v) is 10.3. The Morgan fingerprint density at radius 3 is 2.44 bits per heavy atom. The lowest BCUT2D eigenvalue weighted by Gasteiger charge is -2.19. The van der Waals surface area contributed by atoms with Gasteiger partial charge in [-0.1, -0.05) is 53.2 Å². The Labute approximate surface area is 166 Å². The highest BCUT2D eigenvalue weighted by Gasteiger charge is 2.12. The maximum Gasteiger partial charge on any atom is 0.331 e. The summed E-state index contributed by atoms with van der Waals surface area (Å²) in [6, 6.07) is 0. The van der Waals surface area contributed by atoms with Crippen molar-refractivity contribution in [3.8, 4) is 0 Å². The zero-order valence-corrected chi connectivity index (χ0v) is 17.8. The van der Waals surface area contributed by atoms with E-state index in [1.165, 1.54) is 22.3 Å². The highest BCUT2D eigenvalue weighted by Crippen LogP contribution is 2.28. The molecule has 1 aliphatic rings. The van der Waals surface area contributed by atoms with Gasteiger partial charge < -0.3 is 5.11 Å². The molecule has 0 spiro atoms. The minimum absolute atomic E-state index is 0.530. The average Bonchev–Trinajstić information content (AvgIpc) is 2.59. The van der Waals surface area contributed by atoms with E-state index in [1.807, 2.05) is 6.08 Å². The van der Waals surface area contributed by atoms with Gasteiger partial charge in [0.2, 0.25) is 0 Å². The summed E-state index contributed by atoms with van der Waals surface area (Å²) in [6.07, 6.45) is 17.3. The first kappa shape index (κ1) is 23.2. The zero-order chi connectivity index (χ0) is 20.2. The van der Waals surface area contributed by atoms with Gasteiger partial charge >= 0.3 is 5.97 Å². The van der Waals surface area contributed by atoms with Gasteiger partial charge in [-0.3, -0.25) is 0 Å². The van der Waals surface area contributed by atoms with Gasteiger partial charge in [0.15, 0.2) is 0 Å². The van der Waals surface area contributed by atoms with Gasteiger partial charge in [-0.2, -0.15) is 0 Å². The van der Waals surface area contributed by atoms with Crippen LogP contribution in [-0.2, 0) is 4.79 Å². The third-order valence-corrected chi connectivity index (χ3v) is 5.34. The number of allylic oxidation sites excluding steroid dienone is 8. The molecule has 1 atom stereocenters. The third-order valence-electron chi connectivity index (χ3n) is 5.34. The van der Waals surface area contributed by atoms with Crippen LogP contribution in [0.15, 0.2) is 58.7 Å². The molecule has 1 rings (SSSR count). The lowest BCUT2D eigenvalue weighted by molar-refractivity contribution is -0.132. The van der Waals surface area contributed by atoms with Crippen molar-refractivity contribution in [3.63, 3.8) is 0 Å². The number of carboxylic acid groups (broad SMARTS) is 1. The fourth-order valence-corrected chi connectivity index (χ4v) is 3.43. The van der Waals surface area contributed by atoms with Crippen LogP contribution in [-0.4, -0.2) is 11.1 Å². The van der Waals surface area contributed by atoms with Crippen molar-refractivity contribution in [2.45, 2.75) is 85.5 Å². The first-order valence-electron chi connectivity index (χ1n) is 10.3. The summed E-state index contributed by atoms with van der Waals surface area (Å²) in [6.45, 7) is 13.0. The predicted molar refractivity (Wildman–Crippen MR) is 117 cm³/mol. The van der Waals surface area contributed by atoms with E-state index in [4.69, 9.17) is 0 Å². The number of aliphatic carboxylic acids is 1. The van der Waals surface area contributed by atoms with E-state index in [-0.39, 0.29) is 0 Å². The minimum atomic E-state index is -0.775. The molecule has 1 N–H and O–H groups in total. The quantitative estimate of drug-likeness (QED) is 0.507. The number of hydrogen-bond donors (Lipinski definition) is 1. The fourth-order valence-electron chi connectivity index (χ4n) is 3.43. The number of carboxylic acids is 1. The summed E-state index contributed by atoms with van der Waals surface area (Å²) in [5.41, 5.74) is 6.00. The Morgan fingerprint density at radius 1 is 1.11 bits per heavy atom. The van der Waals surface area contributed by atoms with Gasteiger partial charge in [0.25, 0.3) is 0 Å². The maximum absolute atomic E-state index is 11.4. The van der Waals surface area contributed by atoms with Gasteiger partial charge in [0.05, 0.1) is 0 Å². The summed E-state index contributed by atoms with van der Waals surface area (Å²) in [5.74, 6) is -0.246. The highest BCUT2D eigenvalue weighted by molar-refractivity contribution is 5.86. The second-order valence-corrected chi connectivity index (χ2v) is 8.16. The normalized spacial score (nSPS) is 25.6. The monoisotopic (exact) mass is 370 g/mol. The van der Waals surface area contributed by atoms with Crippen LogP contribution < -0.4 is 0 Å². The Kier molecular flexibility index (Phi) is 10.8. The van der Waals surface area contributed by atoms with E-state index < -0.39 is 5.97 Å². The molecule has 0 saturated carbocycles. The van der Waals surface area contributed by atoms with Gasteiger partial charge in [0.1, 0.15) is 0 Å². The van der Waals surface area contributed by atoms with E-state index >= 15 is 0 Å². The number of carbonyl (C=O) groups is 1. The first-order chi connectivity index (χ1) is 12.8. The fraction of sp³-hybridized carbons (Fsp3) is 0.560. The molecular weight excluding hydrogens is 332 g/mol. The van der Waals surface area contributed by atoms with Crippen LogP contribution in [0.4, 0.5) is 0 Å². The van der Waals surface area contributed by atoms with E-state index in [2.05, 4.69) is 52.5 Å². The maximum atomic E-state index is 11.4. The molecule has 0 aromatic carbocycles. The summed E-state index contributed by atoms with van der Waals surface area (Å²) in [5, 5.41) is 9.36. The third kappa shape index (κ3) is 10.2. The number of rotatable bonds is 5. The van der Waals surface area contributed by atoms with E-state index in [1.54, 1.807) is 0 Å². The molecule has 0 saturated heterocycles. The molecule has 150 valence electrons. The van der Waals surface area contributed by atoms with Crippen molar-refractivity contribution >= 4 is 5.97 Å². The predicted octanol–water partition coefficient (Wildman–Crippen LogP) is 7.55. The number of hydrogen-bond acceptors (Lipinski definition) is 1. The van der Waals surface area contributed by atoms with E-state index in [9.17, 15) is 9.90 Å². The molecule has 0 unspecified atom stereocenters. The zero-order valence-electron chi connectivity index (χ0n) is 17.8.